The van der Waals surface area contributed by atoms with E-state index in [4.69, 9.17) is 54.7 Å². The van der Waals surface area contributed by atoms with E-state index >= 15 is 0 Å². The zero-order valence-electron chi connectivity index (χ0n) is 9.20. The van der Waals surface area contributed by atoms with Crippen molar-refractivity contribution in [1.29, 1.82) is 0 Å². The molecule has 5 atom stereocenters. The number of halogens is 3. The molecule has 2 aliphatic heterocycles. The zero-order valence-corrected chi connectivity index (χ0v) is 12.3. The first-order valence-corrected chi connectivity index (χ1v) is 6.63. The molecule has 2 heterocycles. The highest BCUT2D eigenvalue weighted by molar-refractivity contribution is 7.80. The highest BCUT2D eigenvalue weighted by atomic mass is 35.6. The Balaban J connectivity index is 1.93. The van der Waals surface area contributed by atoms with Crippen molar-refractivity contribution in [3.05, 3.63) is 0 Å². The van der Waals surface area contributed by atoms with Gasteiger partial charge in [0.15, 0.2) is 11.4 Å². The van der Waals surface area contributed by atoms with Crippen LogP contribution >= 0.6 is 47.0 Å². The number of hydrogen-bond donors (Lipinski definition) is 3. The molecular formula is C8H10Cl3N3O4S. The summed E-state index contributed by atoms with van der Waals surface area (Å²) in [5.74, 6) is 0. The van der Waals surface area contributed by atoms with Gasteiger partial charge in [-0.1, -0.05) is 34.8 Å². The lowest BCUT2D eigenvalue weighted by Crippen LogP contribution is -2.36. The summed E-state index contributed by atoms with van der Waals surface area (Å²) in [6.07, 6.45) is -3.17. The van der Waals surface area contributed by atoms with Crippen LogP contribution in [0.2, 0.25) is 0 Å². The predicted molar refractivity (Wildman–Crippen MR) is 73.1 cm³/mol. The Morgan fingerprint density at radius 3 is 2.58 bits per heavy atom. The van der Waals surface area contributed by atoms with Crippen molar-refractivity contribution in [2.75, 3.05) is 0 Å². The third-order valence-electron chi connectivity index (χ3n) is 2.43. The average molecular weight is 351 g/mol. The van der Waals surface area contributed by atoms with E-state index in [9.17, 15) is 5.11 Å². The number of aliphatic hydroxyl groups is 1. The number of aliphatic hydroxyl groups excluding tert-OH is 1. The first-order valence-electron chi connectivity index (χ1n) is 5.09. The van der Waals surface area contributed by atoms with Crippen molar-refractivity contribution in [3.63, 3.8) is 0 Å². The normalized spacial score (nSPS) is 38.6. The molecule has 11 heteroatoms. The molecule has 2 aliphatic rings. The number of hydrazone groups is 1. The summed E-state index contributed by atoms with van der Waals surface area (Å²) < 4.78 is 14.1. The van der Waals surface area contributed by atoms with Gasteiger partial charge in [-0.2, -0.15) is 5.10 Å². The minimum atomic E-state index is -1.76. The van der Waals surface area contributed by atoms with Crippen molar-refractivity contribution < 1.29 is 19.3 Å². The number of hydrogen-bond acceptors (Lipinski definition) is 6. The summed E-state index contributed by atoms with van der Waals surface area (Å²) in [5.41, 5.74) is 7.51. The van der Waals surface area contributed by atoms with Crippen LogP contribution < -0.4 is 11.2 Å². The van der Waals surface area contributed by atoms with Crippen LogP contribution in [0.5, 0.6) is 0 Å². The molecule has 0 aliphatic carbocycles. The molecule has 4 N–H and O–H groups in total. The highest BCUT2D eigenvalue weighted by Gasteiger charge is 2.55. The van der Waals surface area contributed by atoms with Gasteiger partial charge in [0.25, 0.3) is 0 Å². The molecule has 0 radical (unpaired) electrons. The standard InChI is InChI=1S/C8H10Cl3N3O4S/c9-8(10,11)6-17-4-3(15)2(16-5(4)18-6)1-13-14-7(12)19/h1-6,15H,(H3,12,14,19)/b13-1+/t2-,3+,4-,5-,6+/m1/s1. The highest BCUT2D eigenvalue weighted by Crippen LogP contribution is 2.41. The van der Waals surface area contributed by atoms with E-state index in [0.29, 0.717) is 0 Å². The van der Waals surface area contributed by atoms with Crippen molar-refractivity contribution in [2.45, 2.75) is 34.7 Å². The van der Waals surface area contributed by atoms with E-state index in [0.717, 1.165) is 0 Å². The minimum Gasteiger partial charge on any atom is -0.387 e. The largest absolute Gasteiger partial charge is 0.387 e. The maximum absolute atomic E-state index is 9.97. The van der Waals surface area contributed by atoms with Crippen molar-refractivity contribution in [2.24, 2.45) is 10.8 Å². The summed E-state index contributed by atoms with van der Waals surface area (Å²) in [5, 5.41) is 13.6. The molecule has 108 valence electrons. The molecule has 0 bridgehead atoms. The van der Waals surface area contributed by atoms with Gasteiger partial charge < -0.3 is 25.1 Å². The van der Waals surface area contributed by atoms with E-state index in [1.165, 1.54) is 6.21 Å². The second-order valence-electron chi connectivity index (χ2n) is 3.82. The lowest BCUT2D eigenvalue weighted by Gasteiger charge is -2.21. The van der Waals surface area contributed by atoms with Crippen LogP contribution in [-0.2, 0) is 14.2 Å². The lowest BCUT2D eigenvalue weighted by atomic mass is 10.1. The lowest BCUT2D eigenvalue weighted by molar-refractivity contribution is -0.152. The summed E-state index contributed by atoms with van der Waals surface area (Å²) in [6, 6.07) is 0. The predicted octanol–water partition coefficient (Wildman–Crippen LogP) is 0.00290. The van der Waals surface area contributed by atoms with Crippen LogP contribution in [0.3, 0.4) is 0 Å². The molecule has 0 amide bonds. The maximum atomic E-state index is 9.97. The third-order valence-corrected chi connectivity index (χ3v) is 3.06. The number of rotatable bonds is 2. The van der Waals surface area contributed by atoms with Gasteiger partial charge in [0, 0.05) is 0 Å². The van der Waals surface area contributed by atoms with Crippen molar-refractivity contribution in [3.8, 4) is 0 Å². The second kappa shape index (κ2) is 5.82. The van der Waals surface area contributed by atoms with Gasteiger partial charge in [-0.05, 0) is 12.2 Å². The molecular weight excluding hydrogens is 341 g/mol. The summed E-state index contributed by atoms with van der Waals surface area (Å²) >= 11 is 21.5. The van der Waals surface area contributed by atoms with Crippen LogP contribution in [0.15, 0.2) is 5.10 Å². The van der Waals surface area contributed by atoms with Gasteiger partial charge in [0.2, 0.25) is 10.1 Å². The van der Waals surface area contributed by atoms with E-state index in [1.54, 1.807) is 0 Å². The van der Waals surface area contributed by atoms with Gasteiger partial charge in [-0.3, -0.25) is 5.43 Å². The van der Waals surface area contributed by atoms with Crippen LogP contribution in [0.4, 0.5) is 0 Å². The Morgan fingerprint density at radius 1 is 1.37 bits per heavy atom. The van der Waals surface area contributed by atoms with Gasteiger partial charge in [0.05, 0.1) is 6.21 Å². The monoisotopic (exact) mass is 349 g/mol. The molecule has 2 rings (SSSR count). The summed E-state index contributed by atoms with van der Waals surface area (Å²) in [7, 11) is 0. The maximum Gasteiger partial charge on any atom is 0.241 e. The Hall–Kier alpha value is 0.0700. The van der Waals surface area contributed by atoms with E-state index in [-0.39, 0.29) is 5.11 Å². The molecule has 2 saturated heterocycles. The van der Waals surface area contributed by atoms with E-state index in [1.807, 2.05) is 0 Å². The number of nitrogens with zero attached hydrogens (tertiary/aromatic N) is 1. The zero-order chi connectivity index (χ0) is 14.2. The quantitative estimate of drug-likeness (QED) is 0.279. The van der Waals surface area contributed by atoms with Crippen LogP contribution in [0, 0.1) is 0 Å². The fourth-order valence-electron chi connectivity index (χ4n) is 1.66. The van der Waals surface area contributed by atoms with Gasteiger partial charge >= 0.3 is 0 Å². The number of alkyl halides is 3. The number of fused-ring (bicyclic) bond motifs is 1. The fourth-order valence-corrected chi connectivity index (χ4v) is 2.02. The Kier molecular flexibility index (Phi) is 4.74. The summed E-state index contributed by atoms with van der Waals surface area (Å²) in [4.78, 5) is 0. The molecule has 0 aromatic rings. The number of nitrogens with two attached hydrogens (primary N) is 1. The van der Waals surface area contributed by atoms with Crippen molar-refractivity contribution in [1.82, 2.24) is 5.43 Å². The topological polar surface area (TPSA) is 98.3 Å². The molecule has 19 heavy (non-hydrogen) atoms. The smallest absolute Gasteiger partial charge is 0.241 e. The van der Waals surface area contributed by atoms with E-state index < -0.39 is 34.7 Å². The number of thiocarbonyl (C=S) groups is 1. The first-order chi connectivity index (χ1) is 8.79. The Morgan fingerprint density at radius 2 is 2.05 bits per heavy atom. The summed E-state index contributed by atoms with van der Waals surface area (Å²) in [6.45, 7) is 0. The molecule has 0 aromatic heterocycles. The molecule has 0 spiro atoms. The van der Waals surface area contributed by atoms with Crippen molar-refractivity contribution >= 4 is 58.3 Å². The van der Waals surface area contributed by atoms with Gasteiger partial charge in [-0.15, -0.1) is 0 Å². The molecule has 0 unspecified atom stereocenters. The fraction of sp³-hybridized carbons (Fsp3) is 0.750. The third kappa shape index (κ3) is 3.59. The minimum absolute atomic E-state index is 0.00676. The SMILES string of the molecule is NC(=S)N/N=C/[C@H]1O[C@@H]2O[C@@H](C(Cl)(Cl)Cl)O[C@@H]2[C@H]1O. The first kappa shape index (κ1) is 15.5. The molecule has 7 nitrogen and oxygen atoms in total. The number of ether oxygens (including phenoxy) is 3. The number of nitrogens with one attached hydrogen (secondary N) is 1. The van der Waals surface area contributed by atoms with Gasteiger partial charge in [0.1, 0.15) is 18.3 Å². The van der Waals surface area contributed by atoms with E-state index in [2.05, 4.69) is 22.7 Å². The van der Waals surface area contributed by atoms with Gasteiger partial charge in [-0.25, -0.2) is 0 Å². The molecule has 0 aromatic carbocycles. The Bertz CT molecular complexity index is 394. The molecule has 0 saturated carbocycles. The average Bonchev–Trinajstić information content (AvgIpc) is 2.79. The van der Waals surface area contributed by atoms with Crippen LogP contribution in [-0.4, -0.2) is 51.1 Å². The second-order valence-corrected chi connectivity index (χ2v) is 6.63. The van der Waals surface area contributed by atoms with Crippen LogP contribution in [0.1, 0.15) is 0 Å². The molecule has 2 fully saturated rings. The van der Waals surface area contributed by atoms with Crippen LogP contribution in [0.25, 0.3) is 0 Å². The Labute approximate surface area is 128 Å².